The summed E-state index contributed by atoms with van der Waals surface area (Å²) in [5, 5.41) is 0. The fourth-order valence-corrected chi connectivity index (χ4v) is 1.95. The highest BCUT2D eigenvalue weighted by Gasteiger charge is 2.03. The topological polar surface area (TPSA) is 9.23 Å². The summed E-state index contributed by atoms with van der Waals surface area (Å²) in [5.41, 5.74) is 2.74. The molecule has 78 valence electrons. The lowest BCUT2D eigenvalue weighted by Gasteiger charge is -2.08. The van der Waals surface area contributed by atoms with Crippen LogP contribution in [0.25, 0.3) is 0 Å². The first-order chi connectivity index (χ1) is 6.72. The highest BCUT2D eigenvalue weighted by atomic mass is 79.9. The van der Waals surface area contributed by atoms with Crippen LogP contribution < -0.4 is 0 Å². The molecule has 0 amide bonds. The van der Waals surface area contributed by atoms with Gasteiger partial charge in [-0.15, -0.1) is 0 Å². The van der Waals surface area contributed by atoms with E-state index in [9.17, 15) is 0 Å². The van der Waals surface area contributed by atoms with Crippen LogP contribution in [-0.4, -0.2) is 18.5 Å². The molecule has 0 aromatic heterocycles. The van der Waals surface area contributed by atoms with Crippen molar-refractivity contribution in [2.45, 2.75) is 24.6 Å². The predicted molar refractivity (Wildman–Crippen MR) is 64.1 cm³/mol. The minimum absolute atomic E-state index is 0.466. The molecule has 0 aliphatic carbocycles. The number of alkyl halides is 1. The van der Waals surface area contributed by atoms with Crippen molar-refractivity contribution >= 4 is 15.9 Å². The van der Waals surface area contributed by atoms with E-state index in [4.69, 9.17) is 4.74 Å². The Morgan fingerprint density at radius 2 is 2.21 bits per heavy atom. The SMILES string of the molecule is COCC(Br)CCc1cccc(C)c1. The van der Waals surface area contributed by atoms with Crippen LogP contribution in [0.1, 0.15) is 17.5 Å². The van der Waals surface area contributed by atoms with Crippen molar-refractivity contribution in [2.24, 2.45) is 0 Å². The van der Waals surface area contributed by atoms with Gasteiger partial charge in [-0.25, -0.2) is 0 Å². The molecule has 0 bridgehead atoms. The van der Waals surface area contributed by atoms with Gasteiger partial charge in [0.15, 0.2) is 0 Å². The zero-order chi connectivity index (χ0) is 10.4. The molecule has 1 aromatic rings. The molecule has 0 N–H and O–H groups in total. The lowest BCUT2D eigenvalue weighted by atomic mass is 10.1. The molecule has 0 heterocycles. The number of ether oxygens (including phenoxy) is 1. The highest BCUT2D eigenvalue weighted by Crippen LogP contribution is 2.12. The molecular weight excluding hydrogens is 240 g/mol. The number of benzene rings is 1. The average molecular weight is 257 g/mol. The summed E-state index contributed by atoms with van der Waals surface area (Å²) in [6, 6.07) is 8.67. The van der Waals surface area contributed by atoms with Gasteiger partial charge in [0.25, 0.3) is 0 Å². The summed E-state index contributed by atoms with van der Waals surface area (Å²) in [7, 11) is 1.74. The van der Waals surface area contributed by atoms with Crippen molar-refractivity contribution in [2.75, 3.05) is 13.7 Å². The first-order valence-electron chi connectivity index (χ1n) is 4.91. The molecule has 1 unspecified atom stereocenters. The standard InChI is InChI=1S/C12H17BrO/c1-10-4-3-5-11(8-10)6-7-12(13)9-14-2/h3-5,8,12H,6-7,9H2,1-2H3. The minimum Gasteiger partial charge on any atom is -0.384 e. The Morgan fingerprint density at radius 1 is 1.43 bits per heavy atom. The number of hydrogen-bond donors (Lipinski definition) is 0. The Bertz CT molecular complexity index is 273. The largest absolute Gasteiger partial charge is 0.384 e. The Balaban J connectivity index is 2.37. The number of hydrogen-bond acceptors (Lipinski definition) is 1. The Hall–Kier alpha value is -0.340. The van der Waals surface area contributed by atoms with Crippen molar-refractivity contribution in [1.82, 2.24) is 0 Å². The first kappa shape index (κ1) is 11.7. The van der Waals surface area contributed by atoms with E-state index in [1.807, 2.05) is 0 Å². The second-order valence-electron chi connectivity index (χ2n) is 3.58. The van der Waals surface area contributed by atoms with E-state index in [-0.39, 0.29) is 0 Å². The van der Waals surface area contributed by atoms with Crippen molar-refractivity contribution in [3.63, 3.8) is 0 Å². The second kappa shape index (κ2) is 6.20. The summed E-state index contributed by atoms with van der Waals surface area (Å²) in [6.07, 6.45) is 2.23. The third-order valence-electron chi connectivity index (χ3n) is 2.18. The van der Waals surface area contributed by atoms with E-state index in [1.54, 1.807) is 7.11 Å². The molecule has 1 rings (SSSR count). The van der Waals surface area contributed by atoms with Gasteiger partial charge < -0.3 is 4.74 Å². The molecule has 0 aliphatic rings. The lowest BCUT2D eigenvalue weighted by Crippen LogP contribution is -2.07. The van der Waals surface area contributed by atoms with Crippen LogP contribution in [0.4, 0.5) is 0 Å². The molecule has 1 nitrogen and oxygen atoms in total. The van der Waals surface area contributed by atoms with Gasteiger partial charge in [-0.3, -0.25) is 0 Å². The minimum atomic E-state index is 0.466. The Morgan fingerprint density at radius 3 is 2.86 bits per heavy atom. The Kier molecular flexibility index (Phi) is 5.20. The van der Waals surface area contributed by atoms with Gasteiger partial charge in [-0.2, -0.15) is 0 Å². The van der Waals surface area contributed by atoms with Gasteiger partial charge in [-0.05, 0) is 25.3 Å². The molecule has 0 radical (unpaired) electrons. The predicted octanol–water partition coefficient (Wildman–Crippen LogP) is 3.34. The van der Waals surface area contributed by atoms with Crippen molar-refractivity contribution < 1.29 is 4.74 Å². The van der Waals surface area contributed by atoms with Crippen LogP contribution >= 0.6 is 15.9 Å². The van der Waals surface area contributed by atoms with E-state index in [1.165, 1.54) is 11.1 Å². The summed E-state index contributed by atoms with van der Waals surface area (Å²) in [4.78, 5) is 0.466. The fraction of sp³-hybridized carbons (Fsp3) is 0.500. The molecule has 2 heteroatoms. The molecular formula is C12H17BrO. The Labute approximate surface area is 94.6 Å². The first-order valence-corrected chi connectivity index (χ1v) is 5.82. The molecule has 0 saturated heterocycles. The smallest absolute Gasteiger partial charge is 0.0587 e. The number of rotatable bonds is 5. The van der Waals surface area contributed by atoms with Gasteiger partial charge in [-0.1, -0.05) is 45.8 Å². The quantitative estimate of drug-likeness (QED) is 0.735. The number of methoxy groups -OCH3 is 1. The third kappa shape index (κ3) is 4.25. The van der Waals surface area contributed by atoms with Crippen LogP contribution in [-0.2, 0) is 11.2 Å². The van der Waals surface area contributed by atoms with Crippen molar-refractivity contribution in [1.29, 1.82) is 0 Å². The lowest BCUT2D eigenvalue weighted by molar-refractivity contribution is 0.198. The van der Waals surface area contributed by atoms with Crippen molar-refractivity contribution in [3.05, 3.63) is 35.4 Å². The summed E-state index contributed by atoms with van der Waals surface area (Å²) >= 11 is 3.59. The molecule has 0 saturated carbocycles. The van der Waals surface area contributed by atoms with Crippen LogP contribution in [0.5, 0.6) is 0 Å². The normalized spacial score (nSPS) is 12.8. The fourth-order valence-electron chi connectivity index (χ4n) is 1.46. The summed E-state index contributed by atoms with van der Waals surface area (Å²) < 4.78 is 5.07. The highest BCUT2D eigenvalue weighted by molar-refractivity contribution is 9.09. The van der Waals surface area contributed by atoms with Crippen LogP contribution in [0, 0.1) is 6.92 Å². The monoisotopic (exact) mass is 256 g/mol. The van der Waals surface area contributed by atoms with Gasteiger partial charge in [0.1, 0.15) is 0 Å². The summed E-state index contributed by atoms with van der Waals surface area (Å²) in [5.74, 6) is 0. The molecule has 14 heavy (non-hydrogen) atoms. The maximum atomic E-state index is 5.07. The maximum absolute atomic E-state index is 5.07. The van der Waals surface area contributed by atoms with Crippen molar-refractivity contribution in [3.8, 4) is 0 Å². The number of halogens is 1. The van der Waals surface area contributed by atoms with E-state index in [2.05, 4.69) is 47.1 Å². The van der Waals surface area contributed by atoms with Gasteiger partial charge in [0.05, 0.1) is 6.61 Å². The molecule has 1 atom stereocenters. The van der Waals surface area contributed by atoms with Crippen LogP contribution in [0.3, 0.4) is 0 Å². The van der Waals surface area contributed by atoms with Gasteiger partial charge >= 0.3 is 0 Å². The number of aryl methyl sites for hydroxylation is 2. The molecule has 0 fully saturated rings. The van der Waals surface area contributed by atoms with E-state index < -0.39 is 0 Å². The molecule has 1 aromatic carbocycles. The average Bonchev–Trinajstić information content (AvgIpc) is 2.15. The molecule has 0 spiro atoms. The van der Waals surface area contributed by atoms with E-state index in [0.29, 0.717) is 4.83 Å². The summed E-state index contributed by atoms with van der Waals surface area (Å²) in [6.45, 7) is 2.91. The van der Waals surface area contributed by atoms with Crippen LogP contribution in [0.2, 0.25) is 0 Å². The maximum Gasteiger partial charge on any atom is 0.0587 e. The second-order valence-corrected chi connectivity index (χ2v) is 4.88. The van der Waals surface area contributed by atoms with E-state index in [0.717, 1.165) is 19.4 Å². The third-order valence-corrected chi connectivity index (χ3v) is 2.90. The van der Waals surface area contributed by atoms with E-state index >= 15 is 0 Å². The van der Waals surface area contributed by atoms with Crippen LogP contribution in [0.15, 0.2) is 24.3 Å². The molecule has 0 aliphatic heterocycles. The van der Waals surface area contributed by atoms with Gasteiger partial charge in [0, 0.05) is 11.9 Å². The zero-order valence-corrected chi connectivity index (χ0v) is 10.4. The van der Waals surface area contributed by atoms with Gasteiger partial charge in [0.2, 0.25) is 0 Å². The zero-order valence-electron chi connectivity index (χ0n) is 8.79.